The highest BCUT2D eigenvalue weighted by atomic mass is 35.5. The number of carbonyl (C=O) groups is 1. The average Bonchev–Trinajstić information content (AvgIpc) is 2.82. The Balaban J connectivity index is 1.90. The summed E-state index contributed by atoms with van der Waals surface area (Å²) in [6.45, 7) is 1.81. The third-order valence-electron chi connectivity index (χ3n) is 5.56. The van der Waals surface area contributed by atoms with Crippen molar-refractivity contribution in [1.82, 2.24) is 14.5 Å². The van der Waals surface area contributed by atoms with E-state index in [-0.39, 0.29) is 16.5 Å². The lowest BCUT2D eigenvalue weighted by molar-refractivity contribution is 0.0735. The standard InChI is InChI=1S/C25H21Cl2N3O3/c1-15(29(2)24(31)17-13-12-16(26)14-19(17)27)23-28-20-9-5-4-8-18(20)25(32)30(23)21-10-6-7-11-22(21)33-3/h4-15H,1-3H3. The molecule has 0 aliphatic heterocycles. The van der Waals surface area contributed by atoms with Crippen LogP contribution in [0.4, 0.5) is 0 Å². The second-order valence-corrected chi connectivity index (χ2v) is 8.36. The number of halogens is 2. The summed E-state index contributed by atoms with van der Waals surface area (Å²) in [5, 5.41) is 1.16. The first-order chi connectivity index (χ1) is 15.8. The zero-order valence-corrected chi connectivity index (χ0v) is 19.8. The van der Waals surface area contributed by atoms with Gasteiger partial charge in [0.15, 0.2) is 0 Å². The van der Waals surface area contributed by atoms with Crippen LogP contribution in [0.25, 0.3) is 16.6 Å². The van der Waals surface area contributed by atoms with Crippen molar-refractivity contribution < 1.29 is 9.53 Å². The molecule has 1 aromatic heterocycles. The summed E-state index contributed by atoms with van der Waals surface area (Å²) in [6.07, 6.45) is 0. The number of carbonyl (C=O) groups excluding carboxylic acids is 1. The number of methoxy groups -OCH3 is 1. The van der Waals surface area contributed by atoms with E-state index in [1.807, 2.05) is 25.1 Å². The molecule has 8 heteroatoms. The molecule has 1 amide bonds. The van der Waals surface area contributed by atoms with Gasteiger partial charge in [0.2, 0.25) is 0 Å². The topological polar surface area (TPSA) is 64.4 Å². The van der Waals surface area contributed by atoms with Crippen LogP contribution in [0.1, 0.15) is 29.1 Å². The van der Waals surface area contributed by atoms with Crippen LogP contribution < -0.4 is 10.3 Å². The summed E-state index contributed by atoms with van der Waals surface area (Å²) in [7, 11) is 3.19. The Kier molecular flexibility index (Phi) is 6.40. The first-order valence-corrected chi connectivity index (χ1v) is 11.0. The molecule has 0 aliphatic carbocycles. The average molecular weight is 482 g/mol. The van der Waals surface area contributed by atoms with Gasteiger partial charge in [0.25, 0.3) is 11.5 Å². The summed E-state index contributed by atoms with van der Waals surface area (Å²) in [4.78, 5) is 33.2. The van der Waals surface area contributed by atoms with Gasteiger partial charge >= 0.3 is 0 Å². The number of fused-ring (bicyclic) bond motifs is 1. The van der Waals surface area contributed by atoms with Crippen LogP contribution in [-0.2, 0) is 0 Å². The monoisotopic (exact) mass is 481 g/mol. The minimum Gasteiger partial charge on any atom is -0.495 e. The SMILES string of the molecule is COc1ccccc1-n1c(C(C)N(C)C(=O)c2ccc(Cl)cc2Cl)nc2ccccc2c1=O. The smallest absolute Gasteiger partial charge is 0.266 e. The molecule has 0 spiro atoms. The van der Waals surface area contributed by atoms with E-state index in [4.69, 9.17) is 32.9 Å². The van der Waals surface area contributed by atoms with Crippen LogP contribution in [0, 0.1) is 0 Å². The highest BCUT2D eigenvalue weighted by Gasteiger charge is 2.27. The molecule has 33 heavy (non-hydrogen) atoms. The first kappa shape index (κ1) is 22.8. The van der Waals surface area contributed by atoms with Gasteiger partial charge < -0.3 is 9.64 Å². The molecule has 4 aromatic rings. The molecule has 4 rings (SSSR count). The maximum atomic E-state index is 13.6. The lowest BCUT2D eigenvalue weighted by Gasteiger charge is -2.27. The maximum absolute atomic E-state index is 13.6. The summed E-state index contributed by atoms with van der Waals surface area (Å²) in [5.41, 5.74) is 1.14. The van der Waals surface area contributed by atoms with Crippen LogP contribution in [0.3, 0.4) is 0 Å². The normalized spacial score (nSPS) is 11.9. The molecular weight excluding hydrogens is 461 g/mol. The van der Waals surface area contributed by atoms with E-state index in [0.29, 0.717) is 38.8 Å². The maximum Gasteiger partial charge on any atom is 0.266 e. The Bertz CT molecular complexity index is 1420. The summed E-state index contributed by atoms with van der Waals surface area (Å²) >= 11 is 12.3. The molecular formula is C25H21Cl2N3O3. The van der Waals surface area contributed by atoms with Gasteiger partial charge in [0, 0.05) is 12.1 Å². The zero-order chi connectivity index (χ0) is 23.7. The second-order valence-electron chi connectivity index (χ2n) is 7.52. The van der Waals surface area contributed by atoms with Gasteiger partial charge in [-0.05, 0) is 49.4 Å². The van der Waals surface area contributed by atoms with Crippen molar-refractivity contribution in [2.75, 3.05) is 14.2 Å². The quantitative estimate of drug-likeness (QED) is 0.375. The highest BCUT2D eigenvalue weighted by Crippen LogP contribution is 2.29. The number of hydrogen-bond acceptors (Lipinski definition) is 4. The number of benzene rings is 3. The van der Waals surface area contributed by atoms with Crippen molar-refractivity contribution in [1.29, 1.82) is 0 Å². The molecule has 1 atom stereocenters. The Hall–Kier alpha value is -3.35. The molecule has 0 saturated carbocycles. The molecule has 0 radical (unpaired) electrons. The lowest BCUT2D eigenvalue weighted by Crippen LogP contribution is -2.35. The van der Waals surface area contributed by atoms with E-state index in [0.717, 1.165) is 0 Å². The minimum absolute atomic E-state index is 0.250. The van der Waals surface area contributed by atoms with E-state index < -0.39 is 6.04 Å². The van der Waals surface area contributed by atoms with Crippen molar-refractivity contribution in [3.05, 3.63) is 98.5 Å². The molecule has 6 nitrogen and oxygen atoms in total. The first-order valence-electron chi connectivity index (χ1n) is 10.2. The van der Waals surface area contributed by atoms with E-state index in [2.05, 4.69) is 0 Å². The molecule has 168 valence electrons. The van der Waals surface area contributed by atoms with Crippen molar-refractivity contribution in [3.63, 3.8) is 0 Å². The fourth-order valence-corrected chi connectivity index (χ4v) is 4.17. The fraction of sp³-hybridized carbons (Fsp3) is 0.160. The molecule has 3 aromatic carbocycles. The predicted octanol–water partition coefficient (Wildman–Crippen LogP) is 5.53. The Morgan fingerprint density at radius 3 is 2.48 bits per heavy atom. The molecule has 0 N–H and O–H groups in total. The van der Waals surface area contributed by atoms with Crippen molar-refractivity contribution in [2.24, 2.45) is 0 Å². The van der Waals surface area contributed by atoms with E-state index in [1.54, 1.807) is 56.6 Å². The molecule has 0 saturated heterocycles. The summed E-state index contributed by atoms with van der Waals surface area (Å²) < 4.78 is 7.01. The summed E-state index contributed by atoms with van der Waals surface area (Å²) in [6, 6.07) is 18.4. The van der Waals surface area contributed by atoms with Gasteiger partial charge in [-0.1, -0.05) is 47.5 Å². The van der Waals surface area contributed by atoms with Gasteiger partial charge in [-0.25, -0.2) is 4.98 Å². The summed E-state index contributed by atoms with van der Waals surface area (Å²) in [5.74, 6) is 0.585. The Morgan fingerprint density at radius 1 is 1.06 bits per heavy atom. The van der Waals surface area contributed by atoms with Gasteiger partial charge in [-0.3, -0.25) is 14.2 Å². The zero-order valence-electron chi connectivity index (χ0n) is 18.3. The van der Waals surface area contributed by atoms with E-state index in [9.17, 15) is 9.59 Å². The minimum atomic E-state index is -0.577. The van der Waals surface area contributed by atoms with E-state index >= 15 is 0 Å². The van der Waals surface area contributed by atoms with Gasteiger partial charge in [0.1, 0.15) is 11.6 Å². The number of nitrogens with zero attached hydrogens (tertiary/aromatic N) is 3. The number of amides is 1. The third kappa shape index (κ3) is 4.19. The second kappa shape index (κ2) is 9.25. The van der Waals surface area contributed by atoms with Gasteiger partial charge in [0.05, 0.1) is 40.3 Å². The molecule has 0 bridgehead atoms. The number of para-hydroxylation sites is 3. The largest absolute Gasteiger partial charge is 0.495 e. The van der Waals surface area contributed by atoms with Crippen molar-refractivity contribution in [3.8, 4) is 11.4 Å². The third-order valence-corrected chi connectivity index (χ3v) is 6.11. The van der Waals surface area contributed by atoms with Crippen LogP contribution in [0.2, 0.25) is 10.0 Å². The molecule has 1 unspecified atom stereocenters. The highest BCUT2D eigenvalue weighted by molar-refractivity contribution is 6.36. The molecule has 1 heterocycles. The van der Waals surface area contributed by atoms with Crippen LogP contribution in [-0.4, -0.2) is 34.5 Å². The van der Waals surface area contributed by atoms with Gasteiger partial charge in [-0.2, -0.15) is 0 Å². The lowest BCUT2D eigenvalue weighted by atomic mass is 10.1. The van der Waals surface area contributed by atoms with Crippen LogP contribution in [0.15, 0.2) is 71.5 Å². The Morgan fingerprint density at radius 2 is 1.76 bits per heavy atom. The van der Waals surface area contributed by atoms with Crippen LogP contribution in [0.5, 0.6) is 5.75 Å². The number of hydrogen-bond donors (Lipinski definition) is 0. The molecule has 0 aliphatic rings. The number of aromatic nitrogens is 2. The van der Waals surface area contributed by atoms with Crippen molar-refractivity contribution in [2.45, 2.75) is 13.0 Å². The predicted molar refractivity (Wildman–Crippen MR) is 131 cm³/mol. The molecule has 0 fully saturated rings. The number of ether oxygens (including phenoxy) is 1. The van der Waals surface area contributed by atoms with E-state index in [1.165, 1.54) is 15.5 Å². The van der Waals surface area contributed by atoms with Crippen molar-refractivity contribution >= 4 is 40.0 Å². The van der Waals surface area contributed by atoms with Gasteiger partial charge in [-0.15, -0.1) is 0 Å². The van der Waals surface area contributed by atoms with Crippen LogP contribution >= 0.6 is 23.2 Å². The Labute approximate surface area is 201 Å². The fourth-order valence-electron chi connectivity index (χ4n) is 3.68. The number of rotatable bonds is 5.